The molecule has 0 fully saturated rings. The van der Waals surface area contributed by atoms with Crippen molar-refractivity contribution >= 4 is 43.8 Å². The summed E-state index contributed by atoms with van der Waals surface area (Å²) in [5.41, 5.74) is 2.97. The standard InChI is InChI=1S/C25H25ClN4O3S/c1-3-30(4-2)34(31,32)21-12-13-23-24(16-21)29-25(28-23)22(26)15-18-8-10-20(11-9-18)33-17-19-7-5-6-14-27-19/h5-16H,3-4,17H2,1-2H3,(H,28,29)/b22-15-. The van der Waals surface area contributed by atoms with Crippen LogP contribution in [0.2, 0.25) is 0 Å². The van der Waals surface area contributed by atoms with Gasteiger partial charge in [-0.1, -0.05) is 43.6 Å². The van der Waals surface area contributed by atoms with E-state index in [1.807, 2.05) is 56.3 Å². The van der Waals surface area contributed by atoms with Gasteiger partial charge in [-0.25, -0.2) is 13.4 Å². The van der Waals surface area contributed by atoms with E-state index in [0.717, 1.165) is 17.0 Å². The number of nitrogens with zero attached hydrogens (tertiary/aromatic N) is 3. The van der Waals surface area contributed by atoms with Gasteiger partial charge in [0.2, 0.25) is 10.0 Å². The monoisotopic (exact) mass is 496 g/mol. The third kappa shape index (κ3) is 5.30. The van der Waals surface area contributed by atoms with Crippen LogP contribution in [0.3, 0.4) is 0 Å². The van der Waals surface area contributed by atoms with Crippen molar-refractivity contribution in [3.63, 3.8) is 0 Å². The largest absolute Gasteiger partial charge is 0.487 e. The lowest BCUT2D eigenvalue weighted by atomic mass is 10.2. The molecule has 0 unspecified atom stereocenters. The van der Waals surface area contributed by atoms with Gasteiger partial charge < -0.3 is 9.72 Å². The number of rotatable bonds is 9. The maximum absolute atomic E-state index is 12.8. The van der Waals surface area contributed by atoms with E-state index in [0.29, 0.717) is 41.6 Å². The van der Waals surface area contributed by atoms with E-state index in [2.05, 4.69) is 15.0 Å². The highest BCUT2D eigenvalue weighted by atomic mass is 35.5. The van der Waals surface area contributed by atoms with Gasteiger partial charge in [-0.05, 0) is 54.1 Å². The lowest BCUT2D eigenvalue weighted by molar-refractivity contribution is 0.301. The van der Waals surface area contributed by atoms with Crippen LogP contribution >= 0.6 is 11.6 Å². The number of nitrogens with one attached hydrogen (secondary N) is 1. The number of H-pyrrole nitrogens is 1. The molecule has 7 nitrogen and oxygen atoms in total. The number of aromatic nitrogens is 3. The molecule has 0 atom stereocenters. The molecular formula is C25H25ClN4O3S. The minimum absolute atomic E-state index is 0.222. The predicted molar refractivity (Wildman–Crippen MR) is 135 cm³/mol. The molecule has 2 aromatic heterocycles. The van der Waals surface area contributed by atoms with Crippen molar-refractivity contribution in [1.82, 2.24) is 19.3 Å². The Bertz CT molecular complexity index is 1400. The van der Waals surface area contributed by atoms with Crippen LogP contribution in [0.1, 0.15) is 30.9 Å². The molecule has 4 aromatic rings. The second-order valence-corrected chi connectivity index (χ2v) is 9.87. The summed E-state index contributed by atoms with van der Waals surface area (Å²) in [5.74, 6) is 1.19. The Labute approximate surface area is 204 Å². The first-order valence-electron chi connectivity index (χ1n) is 10.9. The Morgan fingerprint density at radius 1 is 1.09 bits per heavy atom. The van der Waals surface area contributed by atoms with E-state index in [-0.39, 0.29) is 4.90 Å². The molecule has 34 heavy (non-hydrogen) atoms. The predicted octanol–water partition coefficient (Wildman–Crippen LogP) is 5.30. The number of pyridine rings is 1. The van der Waals surface area contributed by atoms with Crippen LogP contribution in [0, 0.1) is 0 Å². The van der Waals surface area contributed by atoms with E-state index in [4.69, 9.17) is 16.3 Å². The number of imidazole rings is 1. The van der Waals surface area contributed by atoms with Gasteiger partial charge >= 0.3 is 0 Å². The molecule has 4 rings (SSSR count). The number of sulfonamides is 1. The van der Waals surface area contributed by atoms with E-state index in [1.54, 1.807) is 30.5 Å². The van der Waals surface area contributed by atoms with Crippen molar-refractivity contribution in [3.8, 4) is 5.75 Å². The Morgan fingerprint density at radius 2 is 1.85 bits per heavy atom. The van der Waals surface area contributed by atoms with Crippen molar-refractivity contribution in [2.75, 3.05) is 13.1 Å². The SMILES string of the molecule is CCN(CC)S(=O)(=O)c1ccc2nc(/C(Cl)=C/c3ccc(OCc4ccccn4)cc3)[nH]c2c1. The molecule has 2 aromatic carbocycles. The molecular weight excluding hydrogens is 472 g/mol. The van der Waals surface area contributed by atoms with Crippen LogP contribution in [0.4, 0.5) is 0 Å². The van der Waals surface area contributed by atoms with E-state index in [1.165, 1.54) is 4.31 Å². The van der Waals surface area contributed by atoms with Crippen LogP contribution in [-0.4, -0.2) is 40.8 Å². The number of fused-ring (bicyclic) bond motifs is 1. The Balaban J connectivity index is 1.51. The summed E-state index contributed by atoms with van der Waals surface area (Å²) < 4.78 is 32.8. The fourth-order valence-corrected chi connectivity index (χ4v) is 5.19. The third-order valence-electron chi connectivity index (χ3n) is 5.31. The van der Waals surface area contributed by atoms with Crippen LogP contribution in [0.5, 0.6) is 5.75 Å². The molecule has 0 saturated carbocycles. The number of halogens is 1. The molecule has 0 aliphatic heterocycles. The van der Waals surface area contributed by atoms with Gasteiger partial charge in [-0.3, -0.25) is 4.98 Å². The fourth-order valence-electron chi connectivity index (χ4n) is 3.49. The highest BCUT2D eigenvalue weighted by molar-refractivity contribution is 7.89. The maximum Gasteiger partial charge on any atom is 0.243 e. The zero-order valence-corrected chi connectivity index (χ0v) is 20.5. The average Bonchev–Trinajstić information content (AvgIpc) is 3.29. The second-order valence-electron chi connectivity index (χ2n) is 7.52. The van der Waals surface area contributed by atoms with E-state index < -0.39 is 10.0 Å². The molecule has 176 valence electrons. The van der Waals surface area contributed by atoms with Gasteiger partial charge in [0.05, 0.1) is 26.7 Å². The van der Waals surface area contributed by atoms with E-state index >= 15 is 0 Å². The molecule has 9 heteroatoms. The van der Waals surface area contributed by atoms with Crippen molar-refractivity contribution < 1.29 is 13.2 Å². The van der Waals surface area contributed by atoms with Crippen LogP contribution in [-0.2, 0) is 16.6 Å². The summed E-state index contributed by atoms with van der Waals surface area (Å²) in [5, 5.41) is 0.409. The molecule has 0 spiro atoms. The van der Waals surface area contributed by atoms with Gasteiger partial charge in [-0.2, -0.15) is 4.31 Å². The number of aromatic amines is 1. The van der Waals surface area contributed by atoms with Crippen molar-refractivity contribution in [1.29, 1.82) is 0 Å². The van der Waals surface area contributed by atoms with Gasteiger partial charge in [0.15, 0.2) is 0 Å². The van der Waals surface area contributed by atoms with Crippen molar-refractivity contribution in [3.05, 3.63) is 83.9 Å². The zero-order chi connectivity index (χ0) is 24.1. The minimum atomic E-state index is -3.56. The molecule has 0 radical (unpaired) electrons. The summed E-state index contributed by atoms with van der Waals surface area (Å²) in [6.07, 6.45) is 3.52. The van der Waals surface area contributed by atoms with Crippen molar-refractivity contribution in [2.45, 2.75) is 25.3 Å². The summed E-state index contributed by atoms with van der Waals surface area (Å²) in [6, 6.07) is 18.1. The number of ether oxygens (including phenoxy) is 1. The van der Waals surface area contributed by atoms with Crippen LogP contribution in [0.25, 0.3) is 22.1 Å². The Kier molecular flexibility index (Phi) is 7.31. The quantitative estimate of drug-likeness (QED) is 0.339. The van der Waals surface area contributed by atoms with Crippen LogP contribution < -0.4 is 4.74 Å². The lowest BCUT2D eigenvalue weighted by Gasteiger charge is -2.18. The molecule has 2 heterocycles. The van der Waals surface area contributed by atoms with Crippen molar-refractivity contribution in [2.24, 2.45) is 0 Å². The summed E-state index contributed by atoms with van der Waals surface area (Å²) in [4.78, 5) is 12.1. The number of benzene rings is 2. The Morgan fingerprint density at radius 3 is 2.53 bits per heavy atom. The lowest BCUT2D eigenvalue weighted by Crippen LogP contribution is -2.30. The molecule has 0 bridgehead atoms. The minimum Gasteiger partial charge on any atom is -0.487 e. The maximum atomic E-state index is 12.8. The fraction of sp³-hybridized carbons (Fsp3) is 0.200. The number of hydrogen-bond acceptors (Lipinski definition) is 5. The zero-order valence-electron chi connectivity index (χ0n) is 18.9. The average molecular weight is 497 g/mol. The van der Waals surface area contributed by atoms with Crippen LogP contribution in [0.15, 0.2) is 71.8 Å². The molecule has 0 aliphatic carbocycles. The van der Waals surface area contributed by atoms with Gasteiger partial charge in [0, 0.05) is 19.3 Å². The first-order valence-corrected chi connectivity index (χ1v) is 12.7. The third-order valence-corrected chi connectivity index (χ3v) is 7.64. The van der Waals surface area contributed by atoms with Gasteiger partial charge in [0.25, 0.3) is 0 Å². The Hall–Kier alpha value is -3.20. The summed E-state index contributed by atoms with van der Waals surface area (Å²) in [7, 11) is -3.56. The highest BCUT2D eigenvalue weighted by Crippen LogP contribution is 2.26. The molecule has 0 aliphatic rings. The second kappa shape index (κ2) is 10.4. The first kappa shape index (κ1) is 23.9. The smallest absolute Gasteiger partial charge is 0.243 e. The molecule has 0 saturated heterocycles. The van der Waals surface area contributed by atoms with Gasteiger partial charge in [-0.15, -0.1) is 0 Å². The normalized spacial score (nSPS) is 12.4. The summed E-state index contributed by atoms with van der Waals surface area (Å²) in [6.45, 7) is 4.84. The summed E-state index contributed by atoms with van der Waals surface area (Å²) >= 11 is 6.52. The number of hydrogen-bond donors (Lipinski definition) is 1. The molecule has 0 amide bonds. The molecule has 1 N–H and O–H groups in total. The van der Waals surface area contributed by atoms with Gasteiger partial charge in [0.1, 0.15) is 18.2 Å². The highest BCUT2D eigenvalue weighted by Gasteiger charge is 2.22. The topological polar surface area (TPSA) is 88.2 Å². The first-order chi connectivity index (χ1) is 16.4. The van der Waals surface area contributed by atoms with E-state index in [9.17, 15) is 8.42 Å².